The number of hydrogen-bond donors (Lipinski definition) is 2. The van der Waals surface area contributed by atoms with Crippen molar-refractivity contribution in [3.05, 3.63) is 0 Å². The number of unbranched alkanes of at least 4 members (excludes halogenated alkanes) is 1. The summed E-state index contributed by atoms with van der Waals surface area (Å²) in [6.45, 7) is 4.20. The highest BCUT2D eigenvalue weighted by Gasteiger charge is 2.25. The van der Waals surface area contributed by atoms with Crippen LogP contribution in [0.3, 0.4) is 0 Å². The summed E-state index contributed by atoms with van der Waals surface area (Å²) in [5.74, 6) is 0.536. The monoisotopic (exact) mass is 264 g/mol. The van der Waals surface area contributed by atoms with Crippen LogP contribution in [0, 0.1) is 5.92 Å². The van der Waals surface area contributed by atoms with Gasteiger partial charge in [-0.2, -0.15) is 0 Å². The smallest absolute Gasteiger partial charge is 0.211 e. The second-order valence-corrected chi connectivity index (χ2v) is 6.53. The molecular formula is C11H24N2O3S. The van der Waals surface area contributed by atoms with Crippen molar-refractivity contribution < 1.29 is 13.2 Å². The Balaban J connectivity index is 2.27. The van der Waals surface area contributed by atoms with Crippen molar-refractivity contribution in [2.24, 2.45) is 5.92 Å². The van der Waals surface area contributed by atoms with E-state index in [0.29, 0.717) is 18.9 Å². The van der Waals surface area contributed by atoms with Gasteiger partial charge in [0.1, 0.15) is 0 Å². The first kappa shape index (κ1) is 14.9. The van der Waals surface area contributed by atoms with Gasteiger partial charge in [-0.05, 0) is 39.8 Å². The number of rotatable bonds is 8. The SMILES string of the molecule is CNCCCCS(=O)(=O)NC(C)C1CCOC1. The first-order chi connectivity index (χ1) is 8.05. The van der Waals surface area contributed by atoms with Gasteiger partial charge < -0.3 is 10.1 Å². The lowest BCUT2D eigenvalue weighted by molar-refractivity contribution is 0.180. The van der Waals surface area contributed by atoms with E-state index >= 15 is 0 Å². The molecule has 2 unspecified atom stereocenters. The molecule has 6 heteroatoms. The molecule has 1 fully saturated rings. The highest BCUT2D eigenvalue weighted by molar-refractivity contribution is 7.89. The zero-order valence-corrected chi connectivity index (χ0v) is 11.6. The maximum atomic E-state index is 11.8. The molecule has 0 bridgehead atoms. The van der Waals surface area contributed by atoms with Crippen molar-refractivity contribution >= 4 is 10.0 Å². The summed E-state index contributed by atoms with van der Waals surface area (Å²) in [4.78, 5) is 0. The fourth-order valence-corrected chi connectivity index (χ4v) is 3.44. The van der Waals surface area contributed by atoms with E-state index < -0.39 is 10.0 Å². The first-order valence-corrected chi connectivity index (χ1v) is 7.93. The fraction of sp³-hybridized carbons (Fsp3) is 1.00. The quantitative estimate of drug-likeness (QED) is 0.620. The van der Waals surface area contributed by atoms with Crippen LogP contribution < -0.4 is 10.0 Å². The minimum absolute atomic E-state index is 0.0215. The fourth-order valence-electron chi connectivity index (χ4n) is 1.98. The van der Waals surface area contributed by atoms with Crippen molar-refractivity contribution in [1.82, 2.24) is 10.0 Å². The topological polar surface area (TPSA) is 67.4 Å². The van der Waals surface area contributed by atoms with Gasteiger partial charge in [-0.15, -0.1) is 0 Å². The standard InChI is InChI=1S/C11H24N2O3S/c1-10(11-5-7-16-9-11)13-17(14,15)8-4-3-6-12-2/h10-13H,3-9H2,1-2H3. The summed E-state index contributed by atoms with van der Waals surface area (Å²) < 4.78 is 31.6. The molecule has 0 radical (unpaired) electrons. The number of ether oxygens (including phenoxy) is 1. The second kappa shape index (κ2) is 7.31. The zero-order chi connectivity index (χ0) is 12.7. The molecule has 5 nitrogen and oxygen atoms in total. The number of sulfonamides is 1. The lowest BCUT2D eigenvalue weighted by atomic mass is 10.0. The molecule has 2 atom stereocenters. The third-order valence-electron chi connectivity index (χ3n) is 3.13. The molecule has 1 heterocycles. The van der Waals surface area contributed by atoms with Gasteiger partial charge in [0, 0.05) is 18.6 Å². The summed E-state index contributed by atoms with van der Waals surface area (Å²) in [7, 11) is -1.26. The predicted octanol–water partition coefficient (Wildman–Crippen LogP) is 0.330. The molecule has 1 aliphatic heterocycles. The highest BCUT2D eigenvalue weighted by atomic mass is 32.2. The van der Waals surface area contributed by atoms with E-state index in [0.717, 1.165) is 26.0 Å². The van der Waals surface area contributed by atoms with Crippen molar-refractivity contribution in [3.63, 3.8) is 0 Å². The van der Waals surface area contributed by atoms with Crippen LogP contribution in [0.2, 0.25) is 0 Å². The van der Waals surface area contributed by atoms with Crippen LogP contribution in [0.4, 0.5) is 0 Å². The molecule has 0 aliphatic carbocycles. The largest absolute Gasteiger partial charge is 0.381 e. The van der Waals surface area contributed by atoms with E-state index in [2.05, 4.69) is 10.0 Å². The Kier molecular flexibility index (Phi) is 6.40. The van der Waals surface area contributed by atoms with Crippen LogP contribution in [-0.2, 0) is 14.8 Å². The van der Waals surface area contributed by atoms with Crippen LogP contribution in [0.15, 0.2) is 0 Å². The third-order valence-corrected chi connectivity index (χ3v) is 4.68. The molecule has 0 aromatic carbocycles. The van der Waals surface area contributed by atoms with E-state index in [4.69, 9.17) is 4.74 Å². The van der Waals surface area contributed by atoms with Crippen LogP contribution in [0.1, 0.15) is 26.2 Å². The van der Waals surface area contributed by atoms with Gasteiger partial charge >= 0.3 is 0 Å². The molecular weight excluding hydrogens is 240 g/mol. The molecule has 1 rings (SSSR count). The minimum atomic E-state index is -3.13. The molecule has 2 N–H and O–H groups in total. The number of nitrogens with one attached hydrogen (secondary N) is 2. The Morgan fingerprint density at radius 3 is 2.76 bits per heavy atom. The lowest BCUT2D eigenvalue weighted by Crippen LogP contribution is -2.39. The summed E-state index contributed by atoms with van der Waals surface area (Å²) in [6.07, 6.45) is 2.53. The molecule has 0 aromatic rings. The van der Waals surface area contributed by atoms with E-state index in [1.54, 1.807) is 0 Å². The first-order valence-electron chi connectivity index (χ1n) is 6.27. The summed E-state index contributed by atoms with van der Waals surface area (Å²) in [5, 5.41) is 3.01. The van der Waals surface area contributed by atoms with Gasteiger partial charge in [0.25, 0.3) is 0 Å². The zero-order valence-electron chi connectivity index (χ0n) is 10.7. The van der Waals surface area contributed by atoms with Gasteiger partial charge in [-0.1, -0.05) is 0 Å². The summed E-state index contributed by atoms with van der Waals surface area (Å²) in [5.41, 5.74) is 0. The van der Waals surface area contributed by atoms with E-state index in [1.165, 1.54) is 0 Å². The summed E-state index contributed by atoms with van der Waals surface area (Å²) >= 11 is 0. The van der Waals surface area contributed by atoms with E-state index in [-0.39, 0.29) is 11.8 Å². The van der Waals surface area contributed by atoms with Gasteiger partial charge in [0.05, 0.1) is 12.4 Å². The molecule has 102 valence electrons. The van der Waals surface area contributed by atoms with Gasteiger partial charge in [0.15, 0.2) is 0 Å². The molecule has 0 aromatic heterocycles. The third kappa shape index (κ3) is 5.81. The normalized spacial score (nSPS) is 22.8. The van der Waals surface area contributed by atoms with Gasteiger partial charge in [-0.25, -0.2) is 13.1 Å². The van der Waals surface area contributed by atoms with Crippen molar-refractivity contribution in [2.75, 3.05) is 32.6 Å². The van der Waals surface area contributed by atoms with Crippen molar-refractivity contribution in [3.8, 4) is 0 Å². The second-order valence-electron chi connectivity index (χ2n) is 4.66. The van der Waals surface area contributed by atoms with Crippen LogP contribution >= 0.6 is 0 Å². The average Bonchev–Trinajstić information content (AvgIpc) is 2.77. The van der Waals surface area contributed by atoms with Gasteiger partial charge in [-0.3, -0.25) is 0 Å². The molecule has 1 aliphatic rings. The molecule has 17 heavy (non-hydrogen) atoms. The predicted molar refractivity (Wildman–Crippen MR) is 68.5 cm³/mol. The Morgan fingerprint density at radius 1 is 1.41 bits per heavy atom. The Hall–Kier alpha value is -0.170. The highest BCUT2D eigenvalue weighted by Crippen LogP contribution is 2.17. The maximum absolute atomic E-state index is 11.8. The van der Waals surface area contributed by atoms with Crippen LogP contribution in [0.5, 0.6) is 0 Å². The minimum Gasteiger partial charge on any atom is -0.381 e. The lowest BCUT2D eigenvalue weighted by Gasteiger charge is -2.19. The molecule has 0 amide bonds. The van der Waals surface area contributed by atoms with Gasteiger partial charge in [0.2, 0.25) is 10.0 Å². The average molecular weight is 264 g/mol. The number of hydrogen-bond acceptors (Lipinski definition) is 4. The van der Waals surface area contributed by atoms with Crippen molar-refractivity contribution in [1.29, 1.82) is 0 Å². The van der Waals surface area contributed by atoms with E-state index in [9.17, 15) is 8.42 Å². The molecule has 0 spiro atoms. The Labute approximate surface area is 104 Å². The van der Waals surface area contributed by atoms with Crippen LogP contribution in [-0.4, -0.2) is 47.0 Å². The maximum Gasteiger partial charge on any atom is 0.211 e. The van der Waals surface area contributed by atoms with Crippen LogP contribution in [0.25, 0.3) is 0 Å². The van der Waals surface area contributed by atoms with E-state index in [1.807, 2.05) is 14.0 Å². The summed E-state index contributed by atoms with van der Waals surface area (Å²) in [6, 6.07) is -0.0215. The Bertz CT molecular complexity index is 300. The molecule has 0 saturated carbocycles. The van der Waals surface area contributed by atoms with Crippen molar-refractivity contribution in [2.45, 2.75) is 32.2 Å². The Morgan fingerprint density at radius 2 is 2.18 bits per heavy atom. The molecule has 1 saturated heterocycles.